The van der Waals surface area contributed by atoms with E-state index >= 15 is 0 Å². The maximum atomic E-state index is 12.1. The van der Waals surface area contributed by atoms with Gasteiger partial charge in [0.1, 0.15) is 17.7 Å². The lowest BCUT2D eigenvalue weighted by Gasteiger charge is -2.10. The normalized spacial score (nSPS) is 16.6. The highest BCUT2D eigenvalue weighted by Gasteiger charge is 2.29. The maximum Gasteiger partial charge on any atom is 0.261 e. The number of nitrogens with one attached hydrogen (secondary N) is 1. The molecule has 0 saturated carbocycles. The molecule has 1 aliphatic rings. The number of ether oxygens (including phenoxy) is 1. The third-order valence-corrected chi connectivity index (χ3v) is 3.58. The molecule has 1 aliphatic heterocycles. The highest BCUT2D eigenvalue weighted by Crippen LogP contribution is 2.31. The molecule has 0 saturated heterocycles. The zero-order chi connectivity index (χ0) is 14.1. The number of amides is 1. The van der Waals surface area contributed by atoms with E-state index in [0.717, 1.165) is 11.3 Å². The summed E-state index contributed by atoms with van der Waals surface area (Å²) in [6.45, 7) is 4.45. The molecule has 5 heteroatoms. The van der Waals surface area contributed by atoms with Crippen molar-refractivity contribution in [3.63, 3.8) is 0 Å². The van der Waals surface area contributed by atoms with Gasteiger partial charge in [0, 0.05) is 12.5 Å². The minimum Gasteiger partial charge on any atom is -0.480 e. The van der Waals surface area contributed by atoms with Gasteiger partial charge in [0.15, 0.2) is 6.10 Å². The summed E-state index contributed by atoms with van der Waals surface area (Å²) in [5.41, 5.74) is 4.18. The molecule has 0 aliphatic carbocycles. The fraction of sp³-hybridized carbons (Fsp3) is 0.333. The smallest absolute Gasteiger partial charge is 0.261 e. The van der Waals surface area contributed by atoms with Crippen molar-refractivity contribution >= 4 is 5.91 Å². The van der Waals surface area contributed by atoms with Crippen molar-refractivity contribution in [2.24, 2.45) is 0 Å². The van der Waals surface area contributed by atoms with E-state index in [1.165, 1.54) is 17.4 Å². The lowest BCUT2D eigenvalue weighted by atomic mass is 10.0. The highest BCUT2D eigenvalue weighted by molar-refractivity contribution is 5.82. The topological polar surface area (TPSA) is 64.4 Å². The lowest BCUT2D eigenvalue weighted by molar-refractivity contribution is -0.127. The van der Waals surface area contributed by atoms with E-state index in [9.17, 15) is 4.79 Å². The fourth-order valence-electron chi connectivity index (χ4n) is 2.28. The molecule has 104 valence electrons. The van der Waals surface area contributed by atoms with Crippen LogP contribution in [-0.4, -0.2) is 17.2 Å². The lowest BCUT2D eigenvalue weighted by Crippen LogP contribution is -2.37. The molecule has 0 spiro atoms. The molecular weight excluding hydrogens is 256 g/mol. The van der Waals surface area contributed by atoms with Crippen molar-refractivity contribution in [2.75, 3.05) is 0 Å². The Labute approximate surface area is 116 Å². The van der Waals surface area contributed by atoms with Crippen LogP contribution in [0.4, 0.5) is 0 Å². The molecule has 5 nitrogen and oxygen atoms in total. The molecule has 3 rings (SSSR count). The van der Waals surface area contributed by atoms with Crippen LogP contribution in [0.1, 0.15) is 22.4 Å². The van der Waals surface area contributed by atoms with E-state index in [1.807, 2.05) is 13.0 Å². The molecule has 2 aromatic rings. The van der Waals surface area contributed by atoms with Crippen LogP contribution in [0.3, 0.4) is 0 Å². The van der Waals surface area contributed by atoms with E-state index < -0.39 is 6.10 Å². The molecule has 1 unspecified atom stereocenters. The Morgan fingerprint density at radius 1 is 1.40 bits per heavy atom. The molecule has 20 heavy (non-hydrogen) atoms. The first-order valence-electron chi connectivity index (χ1n) is 6.57. The summed E-state index contributed by atoms with van der Waals surface area (Å²) in [6.07, 6.45) is 1.63. The van der Waals surface area contributed by atoms with Gasteiger partial charge in [-0.3, -0.25) is 4.79 Å². The summed E-state index contributed by atoms with van der Waals surface area (Å²) >= 11 is 0. The van der Waals surface area contributed by atoms with Crippen LogP contribution in [0.25, 0.3) is 0 Å². The summed E-state index contributed by atoms with van der Waals surface area (Å²) in [6, 6.07) is 5.81. The van der Waals surface area contributed by atoms with Gasteiger partial charge >= 0.3 is 0 Å². The van der Waals surface area contributed by atoms with Crippen LogP contribution in [0.2, 0.25) is 0 Å². The fourth-order valence-corrected chi connectivity index (χ4v) is 2.28. The van der Waals surface area contributed by atoms with Crippen molar-refractivity contribution in [1.82, 2.24) is 10.5 Å². The standard InChI is InChI=1S/C15H16N2O3/c1-9-5-11-7-14(20-13(11)6-10(9)2)15(18)16-8-12-3-4-19-17-12/h3-6,14H,7-8H2,1-2H3,(H,16,18). The Balaban J connectivity index is 1.64. The highest BCUT2D eigenvalue weighted by atomic mass is 16.5. The van der Waals surface area contributed by atoms with Crippen molar-refractivity contribution in [1.29, 1.82) is 0 Å². The maximum absolute atomic E-state index is 12.1. The van der Waals surface area contributed by atoms with E-state index in [1.54, 1.807) is 6.07 Å². The first-order chi connectivity index (χ1) is 9.63. The van der Waals surface area contributed by atoms with Crippen LogP contribution >= 0.6 is 0 Å². The molecule has 0 fully saturated rings. The second-order valence-electron chi connectivity index (χ2n) is 5.06. The number of aromatic nitrogens is 1. The van der Waals surface area contributed by atoms with Crippen molar-refractivity contribution in [3.8, 4) is 5.75 Å². The average molecular weight is 272 g/mol. The van der Waals surface area contributed by atoms with Crippen molar-refractivity contribution < 1.29 is 14.1 Å². The summed E-state index contributed by atoms with van der Waals surface area (Å²) < 4.78 is 10.4. The zero-order valence-electron chi connectivity index (χ0n) is 11.5. The van der Waals surface area contributed by atoms with Crippen molar-refractivity contribution in [3.05, 3.63) is 46.8 Å². The Kier molecular flexibility index (Phi) is 3.18. The summed E-state index contributed by atoms with van der Waals surface area (Å²) in [4.78, 5) is 12.1. The molecule has 0 bridgehead atoms. The largest absolute Gasteiger partial charge is 0.480 e. The van der Waals surface area contributed by atoms with Gasteiger partial charge in [0.05, 0.1) is 6.54 Å². The van der Waals surface area contributed by atoms with Crippen LogP contribution < -0.4 is 10.1 Å². The predicted octanol–water partition coefficient (Wildman–Crippen LogP) is 1.91. The molecule has 1 aromatic heterocycles. The van der Waals surface area contributed by atoms with Crippen LogP contribution in [0, 0.1) is 13.8 Å². The number of carbonyl (C=O) groups excluding carboxylic acids is 1. The third-order valence-electron chi connectivity index (χ3n) is 3.58. The van der Waals surface area contributed by atoms with Gasteiger partial charge in [-0.15, -0.1) is 0 Å². The van der Waals surface area contributed by atoms with E-state index in [4.69, 9.17) is 9.26 Å². The van der Waals surface area contributed by atoms with Gasteiger partial charge in [-0.25, -0.2) is 0 Å². The molecule has 1 N–H and O–H groups in total. The summed E-state index contributed by atoms with van der Waals surface area (Å²) in [7, 11) is 0. The third kappa shape index (κ3) is 2.39. The molecule has 0 radical (unpaired) electrons. The van der Waals surface area contributed by atoms with Crippen LogP contribution in [0.15, 0.2) is 29.0 Å². The first-order valence-corrected chi connectivity index (χ1v) is 6.57. The number of nitrogens with zero attached hydrogens (tertiary/aromatic N) is 1. The molecule has 2 heterocycles. The number of hydrogen-bond donors (Lipinski definition) is 1. The molecule has 1 aromatic carbocycles. The summed E-state index contributed by atoms with van der Waals surface area (Å²) in [5, 5.41) is 6.55. The number of benzene rings is 1. The van der Waals surface area contributed by atoms with E-state index in [-0.39, 0.29) is 5.91 Å². The summed E-state index contributed by atoms with van der Waals surface area (Å²) in [5.74, 6) is 0.689. The molecule has 1 amide bonds. The minimum atomic E-state index is -0.460. The molecular formula is C15H16N2O3. The Morgan fingerprint density at radius 3 is 2.95 bits per heavy atom. The number of hydrogen-bond acceptors (Lipinski definition) is 4. The number of rotatable bonds is 3. The first kappa shape index (κ1) is 12.7. The monoisotopic (exact) mass is 272 g/mol. The molecule has 1 atom stereocenters. The van der Waals surface area contributed by atoms with Gasteiger partial charge in [0.25, 0.3) is 5.91 Å². The van der Waals surface area contributed by atoms with Gasteiger partial charge in [-0.2, -0.15) is 0 Å². The Hall–Kier alpha value is -2.30. The minimum absolute atomic E-state index is 0.125. The predicted molar refractivity (Wildman–Crippen MR) is 72.4 cm³/mol. The van der Waals surface area contributed by atoms with Gasteiger partial charge in [0.2, 0.25) is 0 Å². The second-order valence-corrected chi connectivity index (χ2v) is 5.06. The van der Waals surface area contributed by atoms with Crippen LogP contribution in [0.5, 0.6) is 5.75 Å². The van der Waals surface area contributed by atoms with Crippen LogP contribution in [-0.2, 0) is 17.8 Å². The zero-order valence-corrected chi connectivity index (χ0v) is 11.5. The van der Waals surface area contributed by atoms with Gasteiger partial charge < -0.3 is 14.6 Å². The Morgan fingerprint density at radius 2 is 2.20 bits per heavy atom. The van der Waals surface area contributed by atoms with E-state index in [0.29, 0.717) is 18.7 Å². The average Bonchev–Trinajstić information content (AvgIpc) is 3.05. The Bertz CT molecular complexity index is 604. The number of aryl methyl sites for hydroxylation is 2. The quantitative estimate of drug-likeness (QED) is 0.927. The second kappa shape index (κ2) is 5.00. The van der Waals surface area contributed by atoms with E-state index in [2.05, 4.69) is 23.5 Å². The number of fused-ring (bicyclic) bond motifs is 1. The number of carbonyl (C=O) groups is 1. The van der Waals surface area contributed by atoms with Gasteiger partial charge in [-0.1, -0.05) is 11.2 Å². The van der Waals surface area contributed by atoms with Crippen molar-refractivity contribution in [2.45, 2.75) is 32.9 Å². The van der Waals surface area contributed by atoms with Gasteiger partial charge in [-0.05, 0) is 36.6 Å². The SMILES string of the molecule is Cc1cc2c(cc1C)OC(C(=O)NCc1ccon1)C2.